The van der Waals surface area contributed by atoms with E-state index in [-0.39, 0.29) is 10.7 Å². The van der Waals surface area contributed by atoms with Crippen molar-refractivity contribution in [3.8, 4) is 0 Å². The van der Waals surface area contributed by atoms with E-state index in [0.29, 0.717) is 6.42 Å². The number of hydrogen-bond acceptors (Lipinski definition) is 0. The van der Waals surface area contributed by atoms with Gasteiger partial charge in [-0.15, -0.1) is 6.58 Å². The van der Waals surface area contributed by atoms with Crippen molar-refractivity contribution in [3.05, 3.63) is 24.6 Å². The van der Waals surface area contributed by atoms with Crippen LogP contribution in [0, 0.1) is 0 Å². The molecule has 0 bridgehead atoms. The lowest BCUT2D eigenvalue weighted by Crippen LogP contribution is -1.90. The molecule has 9 heavy (non-hydrogen) atoms. The zero-order valence-electron chi connectivity index (χ0n) is 5.40. The fourth-order valence-electron chi connectivity index (χ4n) is 0.387. The van der Waals surface area contributed by atoms with Crippen LogP contribution in [0.2, 0.25) is 0 Å². The van der Waals surface area contributed by atoms with Crippen LogP contribution in [0.4, 0.5) is 4.39 Å². The Kier molecular flexibility index (Phi) is 4.68. The number of alkyl halides is 1. The Bertz CT molecular complexity index is 118. The minimum Gasteiger partial charge on any atom is -0.212 e. The van der Waals surface area contributed by atoms with Gasteiger partial charge in [0, 0.05) is 11.2 Å². The number of rotatable bonds is 3. The first-order valence-corrected chi connectivity index (χ1v) is 3.69. The number of halogens is 2. The molecule has 1 unspecified atom stereocenters. The van der Waals surface area contributed by atoms with Gasteiger partial charge in [-0.2, -0.15) is 0 Å². The summed E-state index contributed by atoms with van der Waals surface area (Å²) in [5.41, 5.74) is 0. The topological polar surface area (TPSA) is 0 Å². The average molecular weight is 193 g/mol. The van der Waals surface area contributed by atoms with Gasteiger partial charge in [0.1, 0.15) is 0 Å². The molecule has 2 heteroatoms. The minimum absolute atomic E-state index is 0.0636. The van der Waals surface area contributed by atoms with Gasteiger partial charge in [-0.25, -0.2) is 4.39 Å². The Morgan fingerprint density at radius 2 is 2.44 bits per heavy atom. The second-order valence-corrected chi connectivity index (χ2v) is 2.87. The second kappa shape index (κ2) is 4.74. The van der Waals surface area contributed by atoms with Crippen molar-refractivity contribution < 1.29 is 4.39 Å². The van der Waals surface area contributed by atoms with Crippen LogP contribution < -0.4 is 0 Å². The first kappa shape index (κ1) is 8.89. The lowest BCUT2D eigenvalue weighted by Gasteiger charge is -1.98. The molecule has 0 nitrogen and oxygen atoms in total. The Hall–Kier alpha value is -0.110. The maximum Gasteiger partial charge on any atom is 0.0971 e. The van der Waals surface area contributed by atoms with E-state index in [9.17, 15) is 4.39 Å². The van der Waals surface area contributed by atoms with Crippen LogP contribution in [0.5, 0.6) is 0 Å². The van der Waals surface area contributed by atoms with Crippen LogP contribution in [-0.2, 0) is 0 Å². The van der Waals surface area contributed by atoms with Gasteiger partial charge in [-0.05, 0) is 6.92 Å². The summed E-state index contributed by atoms with van der Waals surface area (Å²) >= 11 is 3.22. The highest BCUT2D eigenvalue weighted by molar-refractivity contribution is 9.09. The third kappa shape index (κ3) is 4.40. The third-order valence-corrected chi connectivity index (χ3v) is 1.66. The van der Waals surface area contributed by atoms with Gasteiger partial charge in [0.15, 0.2) is 0 Å². The van der Waals surface area contributed by atoms with Crippen molar-refractivity contribution in [1.82, 2.24) is 0 Å². The molecule has 0 N–H and O–H groups in total. The van der Waals surface area contributed by atoms with Gasteiger partial charge in [-0.1, -0.05) is 28.1 Å². The van der Waals surface area contributed by atoms with Crippen molar-refractivity contribution in [2.75, 3.05) is 0 Å². The molecule has 1 atom stereocenters. The molecule has 0 aliphatic rings. The SMILES string of the molecule is C=CC(Br)C/C(F)=C\C. The van der Waals surface area contributed by atoms with Crippen LogP contribution in [0.1, 0.15) is 13.3 Å². The summed E-state index contributed by atoms with van der Waals surface area (Å²) in [6.07, 6.45) is 3.53. The highest BCUT2D eigenvalue weighted by Crippen LogP contribution is 2.13. The van der Waals surface area contributed by atoms with Gasteiger partial charge in [0.05, 0.1) is 5.83 Å². The van der Waals surface area contributed by atoms with E-state index < -0.39 is 0 Å². The van der Waals surface area contributed by atoms with Crippen molar-refractivity contribution in [1.29, 1.82) is 0 Å². The molecular formula is C7H10BrF. The smallest absolute Gasteiger partial charge is 0.0971 e. The normalized spacial score (nSPS) is 15.2. The van der Waals surface area contributed by atoms with Gasteiger partial charge in [0.2, 0.25) is 0 Å². The maximum atomic E-state index is 12.4. The van der Waals surface area contributed by atoms with Gasteiger partial charge in [-0.3, -0.25) is 0 Å². The van der Waals surface area contributed by atoms with Crippen LogP contribution in [0.3, 0.4) is 0 Å². The third-order valence-electron chi connectivity index (χ3n) is 0.959. The van der Waals surface area contributed by atoms with Crippen LogP contribution in [0.15, 0.2) is 24.6 Å². The first-order valence-electron chi connectivity index (χ1n) is 2.78. The van der Waals surface area contributed by atoms with Gasteiger partial charge >= 0.3 is 0 Å². The molecule has 0 aromatic carbocycles. The largest absolute Gasteiger partial charge is 0.212 e. The minimum atomic E-state index is -0.100. The molecular weight excluding hydrogens is 183 g/mol. The Morgan fingerprint density at radius 3 is 2.78 bits per heavy atom. The Labute approximate surface area is 63.6 Å². The van der Waals surface area contributed by atoms with Gasteiger partial charge < -0.3 is 0 Å². The highest BCUT2D eigenvalue weighted by atomic mass is 79.9. The van der Waals surface area contributed by atoms with Crippen LogP contribution in [-0.4, -0.2) is 4.83 Å². The molecule has 0 rings (SSSR count). The molecule has 0 fully saturated rings. The molecule has 0 amide bonds. The molecule has 0 aliphatic heterocycles. The summed E-state index contributed by atoms with van der Waals surface area (Å²) in [5.74, 6) is -0.100. The van der Waals surface area contributed by atoms with E-state index in [0.717, 1.165) is 0 Å². The molecule has 0 aliphatic carbocycles. The van der Waals surface area contributed by atoms with Crippen LogP contribution in [0.25, 0.3) is 0 Å². The maximum absolute atomic E-state index is 12.4. The average Bonchev–Trinajstić information content (AvgIpc) is 1.87. The molecule has 0 radical (unpaired) electrons. The standard InChI is InChI=1S/C7H10BrF/c1-3-6(8)5-7(9)4-2/h3-4,6H,1,5H2,2H3/b7-4+. The lowest BCUT2D eigenvalue weighted by atomic mass is 10.3. The zero-order valence-corrected chi connectivity index (χ0v) is 6.99. The van der Waals surface area contributed by atoms with E-state index in [1.807, 2.05) is 0 Å². The zero-order chi connectivity index (χ0) is 7.28. The van der Waals surface area contributed by atoms with Crippen molar-refractivity contribution >= 4 is 15.9 Å². The molecule has 0 spiro atoms. The van der Waals surface area contributed by atoms with Crippen LogP contribution >= 0.6 is 15.9 Å². The predicted octanol–water partition coefficient (Wildman–Crippen LogP) is 3.20. The number of hydrogen-bond donors (Lipinski definition) is 0. The lowest BCUT2D eigenvalue weighted by molar-refractivity contribution is 0.594. The summed E-state index contributed by atoms with van der Waals surface area (Å²) in [6, 6.07) is 0. The highest BCUT2D eigenvalue weighted by Gasteiger charge is 1.99. The van der Waals surface area contributed by atoms with Crippen molar-refractivity contribution in [2.24, 2.45) is 0 Å². The molecule has 0 saturated carbocycles. The molecule has 0 aromatic heterocycles. The quantitative estimate of drug-likeness (QED) is 0.476. The van der Waals surface area contributed by atoms with Crippen molar-refractivity contribution in [3.63, 3.8) is 0 Å². The van der Waals surface area contributed by atoms with Crippen molar-refractivity contribution in [2.45, 2.75) is 18.2 Å². The summed E-state index contributed by atoms with van der Waals surface area (Å²) in [4.78, 5) is 0.0636. The Balaban J connectivity index is 3.59. The summed E-state index contributed by atoms with van der Waals surface area (Å²) in [7, 11) is 0. The van der Waals surface area contributed by atoms with E-state index >= 15 is 0 Å². The molecule has 52 valence electrons. The first-order chi connectivity index (χ1) is 4.20. The number of allylic oxidation sites excluding steroid dienone is 3. The second-order valence-electron chi connectivity index (χ2n) is 1.69. The fraction of sp³-hybridized carbons (Fsp3) is 0.429. The summed E-state index contributed by atoms with van der Waals surface area (Å²) in [6.45, 7) is 5.19. The van der Waals surface area contributed by atoms with E-state index in [1.54, 1.807) is 13.0 Å². The summed E-state index contributed by atoms with van der Waals surface area (Å²) < 4.78 is 12.4. The molecule has 0 heterocycles. The summed E-state index contributed by atoms with van der Waals surface area (Å²) in [5, 5.41) is 0. The van der Waals surface area contributed by atoms with E-state index in [4.69, 9.17) is 0 Å². The van der Waals surface area contributed by atoms with E-state index in [1.165, 1.54) is 6.08 Å². The fourth-order valence-corrected chi connectivity index (χ4v) is 0.697. The Morgan fingerprint density at radius 1 is 1.89 bits per heavy atom. The molecule has 0 saturated heterocycles. The predicted molar refractivity (Wildman–Crippen MR) is 42.4 cm³/mol. The van der Waals surface area contributed by atoms with E-state index in [2.05, 4.69) is 22.5 Å². The monoisotopic (exact) mass is 192 g/mol. The molecule has 0 aromatic rings. The van der Waals surface area contributed by atoms with Gasteiger partial charge in [0.25, 0.3) is 0 Å².